The molecule has 0 aliphatic carbocycles. The summed E-state index contributed by atoms with van der Waals surface area (Å²) in [6.07, 6.45) is -5.66. The van der Waals surface area contributed by atoms with Crippen LogP contribution in [0, 0.1) is 0 Å². The maximum Gasteiger partial charge on any atom is 0.471 e. The van der Waals surface area contributed by atoms with E-state index in [-0.39, 0.29) is 0 Å². The lowest BCUT2D eigenvalue weighted by atomic mass is 9.94. The average Bonchev–Trinajstić information content (AvgIpc) is 3.00. The van der Waals surface area contributed by atoms with Crippen LogP contribution in [-0.2, 0) is 28.7 Å². The molecule has 1 aliphatic rings. The molecule has 0 aromatic heterocycles. The Labute approximate surface area is 255 Å². The normalized spacial score (nSPS) is 18.1. The largest absolute Gasteiger partial charge is 0.471 e. The van der Waals surface area contributed by atoms with Crippen LogP contribution >= 0.6 is 0 Å². The van der Waals surface area contributed by atoms with Gasteiger partial charge < -0.3 is 24.6 Å². The molecule has 12 heteroatoms. The highest BCUT2D eigenvalue weighted by molar-refractivity contribution is 5.91. The van der Waals surface area contributed by atoms with Crippen molar-refractivity contribution in [3.63, 3.8) is 0 Å². The number of nitrogens with one attached hydrogen (secondary N) is 1. The average molecular weight is 618 g/mol. The van der Waals surface area contributed by atoms with E-state index >= 15 is 0 Å². The first kappa shape index (κ1) is 34.1. The van der Waals surface area contributed by atoms with E-state index < -0.39 is 66.5 Å². The summed E-state index contributed by atoms with van der Waals surface area (Å²) in [5.41, 5.74) is 1.23. The number of nitrogens with zero attached hydrogens (tertiary/aromatic N) is 2. The zero-order valence-corrected chi connectivity index (χ0v) is 25.2. The minimum atomic E-state index is -5.26. The van der Waals surface area contributed by atoms with Gasteiger partial charge in [0, 0.05) is 26.6 Å². The highest BCUT2D eigenvalue weighted by atomic mass is 19.4. The van der Waals surface area contributed by atoms with Crippen LogP contribution in [0.15, 0.2) is 72.5 Å². The van der Waals surface area contributed by atoms with Crippen molar-refractivity contribution >= 4 is 23.7 Å². The van der Waals surface area contributed by atoms with Crippen molar-refractivity contribution in [2.24, 2.45) is 0 Å². The Morgan fingerprint density at radius 1 is 0.909 bits per heavy atom. The fourth-order valence-electron chi connectivity index (χ4n) is 5.14. The number of esters is 1. The standard InChI is InChI=1S/C32H38F3N3O6/c1-5-18-37(19-6-2)29(40)28-26(36-21(4)39)24(38(7-3)31(42)32(33,34)35)20-25(43-28)30(41)44-27(22-14-10-8-11-15-22)23-16-12-9-13-17-23/h8-17,20,24,26-28H,5-7,18-19H2,1-4H3,(H,36,39)/t24-,26+,28+/m0/s1. The molecule has 0 radical (unpaired) electrons. The molecule has 1 N–H and O–H groups in total. The van der Waals surface area contributed by atoms with Gasteiger partial charge in [-0.1, -0.05) is 74.5 Å². The molecular formula is C32H38F3N3O6. The van der Waals surface area contributed by atoms with Gasteiger partial charge in [0.1, 0.15) is 0 Å². The van der Waals surface area contributed by atoms with E-state index in [0.717, 1.165) is 13.0 Å². The van der Waals surface area contributed by atoms with Gasteiger partial charge >= 0.3 is 18.1 Å². The zero-order valence-electron chi connectivity index (χ0n) is 25.2. The van der Waals surface area contributed by atoms with Crippen LogP contribution in [0.5, 0.6) is 0 Å². The summed E-state index contributed by atoms with van der Waals surface area (Å²) in [5, 5.41) is 2.51. The molecule has 44 heavy (non-hydrogen) atoms. The summed E-state index contributed by atoms with van der Waals surface area (Å²) in [7, 11) is 0. The monoisotopic (exact) mass is 617 g/mol. The number of ether oxygens (including phenoxy) is 2. The quantitative estimate of drug-likeness (QED) is 0.351. The van der Waals surface area contributed by atoms with Crippen molar-refractivity contribution in [2.75, 3.05) is 19.6 Å². The number of benzene rings is 2. The van der Waals surface area contributed by atoms with Gasteiger partial charge in [0.15, 0.2) is 12.2 Å². The fraction of sp³-hybridized carbons (Fsp3) is 0.438. The van der Waals surface area contributed by atoms with E-state index in [9.17, 15) is 32.3 Å². The second-order valence-electron chi connectivity index (χ2n) is 10.3. The lowest BCUT2D eigenvalue weighted by Crippen LogP contribution is -2.64. The van der Waals surface area contributed by atoms with Crippen molar-refractivity contribution in [1.82, 2.24) is 15.1 Å². The highest BCUT2D eigenvalue weighted by Crippen LogP contribution is 2.31. The molecule has 2 aromatic carbocycles. The first-order valence-corrected chi connectivity index (χ1v) is 14.6. The van der Waals surface area contributed by atoms with Gasteiger partial charge in [-0.3, -0.25) is 14.4 Å². The minimum absolute atomic E-state index is 0.302. The third-order valence-corrected chi connectivity index (χ3v) is 7.02. The molecule has 9 nitrogen and oxygen atoms in total. The number of hydrogen-bond acceptors (Lipinski definition) is 6. The summed E-state index contributed by atoms with van der Waals surface area (Å²) in [4.78, 5) is 54.4. The van der Waals surface area contributed by atoms with E-state index in [1.54, 1.807) is 60.7 Å². The van der Waals surface area contributed by atoms with Gasteiger partial charge in [-0.05, 0) is 37.0 Å². The van der Waals surface area contributed by atoms with Crippen molar-refractivity contribution in [2.45, 2.75) is 71.0 Å². The zero-order chi connectivity index (χ0) is 32.4. The number of halogens is 3. The molecule has 0 spiro atoms. The third kappa shape index (κ3) is 8.39. The van der Waals surface area contributed by atoms with Crippen LogP contribution in [0.4, 0.5) is 13.2 Å². The van der Waals surface area contributed by atoms with E-state index in [2.05, 4.69) is 5.32 Å². The van der Waals surface area contributed by atoms with E-state index in [0.29, 0.717) is 42.0 Å². The number of alkyl halides is 3. The van der Waals surface area contributed by atoms with Crippen LogP contribution in [-0.4, -0.2) is 77.5 Å². The van der Waals surface area contributed by atoms with Crippen LogP contribution in [0.1, 0.15) is 57.8 Å². The number of amides is 3. The molecule has 0 unspecified atom stereocenters. The number of rotatable bonds is 12. The first-order valence-electron chi connectivity index (χ1n) is 14.6. The lowest BCUT2D eigenvalue weighted by molar-refractivity contribution is -0.188. The van der Waals surface area contributed by atoms with Crippen LogP contribution < -0.4 is 5.32 Å². The molecule has 3 rings (SSSR count). The molecule has 0 bridgehead atoms. The smallest absolute Gasteiger partial charge is 0.471 e. The van der Waals surface area contributed by atoms with Gasteiger partial charge in [0.2, 0.25) is 11.7 Å². The van der Waals surface area contributed by atoms with Crippen LogP contribution in [0.3, 0.4) is 0 Å². The molecule has 0 saturated carbocycles. The van der Waals surface area contributed by atoms with Crippen molar-refractivity contribution < 1.29 is 41.8 Å². The van der Waals surface area contributed by atoms with E-state index in [4.69, 9.17) is 9.47 Å². The summed E-state index contributed by atoms with van der Waals surface area (Å²) in [5.74, 6) is -5.10. The molecule has 0 fully saturated rings. The Morgan fingerprint density at radius 3 is 1.86 bits per heavy atom. The third-order valence-electron chi connectivity index (χ3n) is 7.02. The van der Waals surface area contributed by atoms with Crippen LogP contribution in [0.2, 0.25) is 0 Å². The Bertz CT molecular complexity index is 1270. The first-order chi connectivity index (χ1) is 20.9. The highest BCUT2D eigenvalue weighted by Gasteiger charge is 2.51. The Hall–Kier alpha value is -4.35. The Balaban J connectivity index is 2.13. The molecule has 3 amide bonds. The fourth-order valence-corrected chi connectivity index (χ4v) is 5.14. The summed E-state index contributed by atoms with van der Waals surface area (Å²) in [6, 6.07) is 14.6. The van der Waals surface area contributed by atoms with Gasteiger partial charge in [-0.2, -0.15) is 13.2 Å². The van der Waals surface area contributed by atoms with Gasteiger partial charge in [-0.25, -0.2) is 4.79 Å². The number of likely N-dealkylation sites (N-methyl/N-ethyl adjacent to an activating group) is 1. The molecular weight excluding hydrogens is 579 g/mol. The predicted molar refractivity (Wildman–Crippen MR) is 156 cm³/mol. The SMILES string of the molecule is CCCN(CCC)C(=O)[C@@H]1OC(C(=O)OC(c2ccccc2)c2ccccc2)=C[C@H](N(CC)C(=O)C(F)(F)F)[C@H]1NC(C)=O. The van der Waals surface area contributed by atoms with E-state index in [1.807, 2.05) is 13.8 Å². The van der Waals surface area contributed by atoms with E-state index in [1.165, 1.54) is 11.8 Å². The molecule has 2 aromatic rings. The number of carbonyl (C=O) groups is 4. The maximum atomic E-state index is 13.9. The summed E-state index contributed by atoms with van der Waals surface area (Å²) in [6.45, 7) is 6.32. The molecule has 3 atom stereocenters. The second kappa shape index (κ2) is 15.4. The second-order valence-corrected chi connectivity index (χ2v) is 10.3. The topological polar surface area (TPSA) is 105 Å². The van der Waals surface area contributed by atoms with Crippen molar-refractivity contribution in [1.29, 1.82) is 0 Å². The molecule has 0 saturated heterocycles. The number of carbonyl (C=O) groups excluding carboxylic acids is 4. The van der Waals surface area contributed by atoms with Crippen molar-refractivity contribution in [3.8, 4) is 0 Å². The molecule has 1 heterocycles. The van der Waals surface area contributed by atoms with Gasteiger partial charge in [0.05, 0.1) is 12.1 Å². The predicted octanol–water partition coefficient (Wildman–Crippen LogP) is 4.53. The summed E-state index contributed by atoms with van der Waals surface area (Å²) >= 11 is 0. The molecule has 1 aliphatic heterocycles. The van der Waals surface area contributed by atoms with Gasteiger partial charge in [0.25, 0.3) is 5.91 Å². The maximum absolute atomic E-state index is 13.9. The number of hydrogen-bond donors (Lipinski definition) is 1. The minimum Gasteiger partial charge on any atom is -0.471 e. The van der Waals surface area contributed by atoms with Crippen LogP contribution in [0.25, 0.3) is 0 Å². The molecule has 238 valence electrons. The van der Waals surface area contributed by atoms with Crippen molar-refractivity contribution in [3.05, 3.63) is 83.6 Å². The Kier molecular flexibility index (Phi) is 11.9. The summed E-state index contributed by atoms with van der Waals surface area (Å²) < 4.78 is 53.0. The Morgan fingerprint density at radius 2 is 1.43 bits per heavy atom. The lowest BCUT2D eigenvalue weighted by Gasteiger charge is -2.42. The van der Waals surface area contributed by atoms with Gasteiger partial charge in [-0.15, -0.1) is 0 Å².